The number of benzene rings is 2. The number of carboxylic acids is 1. The Labute approximate surface area is 206 Å². The number of carboxylic acid groups (broad SMARTS) is 1. The highest BCUT2D eigenvalue weighted by molar-refractivity contribution is 5.88. The second kappa shape index (κ2) is 9.02. The SMILES string of the molecule is CC1(C)CN(C(=O)[C@H](NC(=O)OCC2c3ccccc3-c3ccccc32)C(C)(C)C)CC1C(=O)O. The van der Waals surface area contributed by atoms with Gasteiger partial charge in [0.2, 0.25) is 5.91 Å². The Morgan fingerprint density at radius 2 is 1.60 bits per heavy atom. The molecule has 7 heteroatoms. The molecule has 1 heterocycles. The van der Waals surface area contributed by atoms with Crippen LogP contribution in [0.25, 0.3) is 11.1 Å². The highest BCUT2D eigenvalue weighted by atomic mass is 16.5. The fourth-order valence-electron chi connectivity index (χ4n) is 5.30. The summed E-state index contributed by atoms with van der Waals surface area (Å²) >= 11 is 0. The summed E-state index contributed by atoms with van der Waals surface area (Å²) in [6.45, 7) is 9.92. The third-order valence-electron chi connectivity index (χ3n) is 7.27. The van der Waals surface area contributed by atoms with E-state index in [4.69, 9.17) is 4.74 Å². The van der Waals surface area contributed by atoms with Crippen LogP contribution >= 0.6 is 0 Å². The number of hydrogen-bond acceptors (Lipinski definition) is 4. The average molecular weight is 479 g/mol. The first-order chi connectivity index (χ1) is 16.4. The number of likely N-dealkylation sites (tertiary alicyclic amines) is 1. The minimum Gasteiger partial charge on any atom is -0.481 e. The molecular formula is C28H34N2O5. The van der Waals surface area contributed by atoms with Crippen LogP contribution in [-0.4, -0.2) is 53.7 Å². The van der Waals surface area contributed by atoms with E-state index in [1.54, 1.807) is 4.90 Å². The summed E-state index contributed by atoms with van der Waals surface area (Å²) in [4.78, 5) is 39.6. The zero-order chi connectivity index (χ0) is 25.5. The quantitative estimate of drug-likeness (QED) is 0.659. The summed E-state index contributed by atoms with van der Waals surface area (Å²) in [5.74, 6) is -1.93. The van der Waals surface area contributed by atoms with Crippen molar-refractivity contribution in [1.29, 1.82) is 0 Å². The highest BCUT2D eigenvalue weighted by Crippen LogP contribution is 2.44. The second-order valence-corrected chi connectivity index (χ2v) is 11.4. The molecule has 2 atom stereocenters. The molecule has 0 radical (unpaired) electrons. The van der Waals surface area contributed by atoms with Gasteiger partial charge in [-0.15, -0.1) is 0 Å². The van der Waals surface area contributed by atoms with E-state index in [1.807, 2.05) is 58.9 Å². The molecule has 4 rings (SSSR count). The highest BCUT2D eigenvalue weighted by Gasteiger charge is 2.48. The Balaban J connectivity index is 1.46. The Morgan fingerprint density at radius 1 is 1.06 bits per heavy atom. The van der Waals surface area contributed by atoms with Gasteiger partial charge in [0.15, 0.2) is 0 Å². The Hall–Kier alpha value is -3.35. The molecule has 0 aromatic heterocycles. The van der Waals surface area contributed by atoms with Crippen LogP contribution in [-0.2, 0) is 14.3 Å². The normalized spacial score (nSPS) is 19.6. The topological polar surface area (TPSA) is 95.9 Å². The Kier molecular flexibility index (Phi) is 6.38. The van der Waals surface area contributed by atoms with E-state index in [0.29, 0.717) is 6.54 Å². The van der Waals surface area contributed by atoms with Crippen molar-refractivity contribution >= 4 is 18.0 Å². The number of rotatable bonds is 5. The van der Waals surface area contributed by atoms with Gasteiger partial charge in [-0.1, -0.05) is 83.1 Å². The lowest BCUT2D eigenvalue weighted by Crippen LogP contribution is -2.54. The number of carbonyl (C=O) groups excluding carboxylic acids is 2. The van der Waals surface area contributed by atoms with Crippen LogP contribution in [0.5, 0.6) is 0 Å². The van der Waals surface area contributed by atoms with Crippen molar-refractivity contribution in [3.63, 3.8) is 0 Å². The van der Waals surface area contributed by atoms with Gasteiger partial charge in [0.25, 0.3) is 0 Å². The second-order valence-electron chi connectivity index (χ2n) is 11.4. The molecular weight excluding hydrogens is 444 g/mol. The van der Waals surface area contributed by atoms with Crippen LogP contribution in [0.15, 0.2) is 48.5 Å². The van der Waals surface area contributed by atoms with Crippen LogP contribution in [0.2, 0.25) is 0 Å². The lowest BCUT2D eigenvalue weighted by Gasteiger charge is -2.33. The summed E-state index contributed by atoms with van der Waals surface area (Å²) in [5, 5.41) is 12.4. The lowest BCUT2D eigenvalue weighted by molar-refractivity contribution is -0.144. The van der Waals surface area contributed by atoms with E-state index < -0.39 is 34.9 Å². The van der Waals surface area contributed by atoms with Crippen molar-refractivity contribution in [3.8, 4) is 11.1 Å². The molecule has 2 N–H and O–H groups in total. The monoisotopic (exact) mass is 478 g/mol. The van der Waals surface area contributed by atoms with Crippen LogP contribution in [0.1, 0.15) is 51.7 Å². The molecule has 2 amide bonds. The molecule has 35 heavy (non-hydrogen) atoms. The summed E-state index contributed by atoms with van der Waals surface area (Å²) < 4.78 is 5.66. The standard InChI is InChI=1S/C28H34N2O5/c1-27(2,3)23(24(31)30-14-22(25(32)33)28(4,5)16-30)29-26(34)35-15-21-19-12-8-6-10-17(19)18-11-7-9-13-20(18)21/h6-13,21-23H,14-16H2,1-5H3,(H,29,34)(H,32,33)/t22?,23-/m0/s1. The molecule has 7 nitrogen and oxygen atoms in total. The molecule has 1 unspecified atom stereocenters. The van der Waals surface area contributed by atoms with E-state index in [-0.39, 0.29) is 25.0 Å². The number of carbonyl (C=O) groups is 3. The van der Waals surface area contributed by atoms with E-state index in [0.717, 1.165) is 22.3 Å². The third kappa shape index (κ3) is 4.77. The maximum Gasteiger partial charge on any atom is 0.407 e. The number of ether oxygens (including phenoxy) is 1. The molecule has 2 aromatic carbocycles. The minimum absolute atomic E-state index is 0.0763. The molecule has 0 spiro atoms. The predicted octanol–water partition coefficient (Wildman–Crippen LogP) is 4.51. The van der Waals surface area contributed by atoms with Crippen molar-refractivity contribution < 1.29 is 24.2 Å². The first-order valence-corrected chi connectivity index (χ1v) is 12.0. The fourth-order valence-corrected chi connectivity index (χ4v) is 5.30. The zero-order valence-corrected chi connectivity index (χ0v) is 21.0. The van der Waals surface area contributed by atoms with Crippen molar-refractivity contribution in [1.82, 2.24) is 10.2 Å². The summed E-state index contributed by atoms with van der Waals surface area (Å²) in [7, 11) is 0. The number of nitrogens with zero attached hydrogens (tertiary/aromatic N) is 1. The number of amides is 2. The number of hydrogen-bond donors (Lipinski definition) is 2. The molecule has 1 aliphatic carbocycles. The summed E-state index contributed by atoms with van der Waals surface area (Å²) in [5.41, 5.74) is 3.38. The van der Waals surface area contributed by atoms with Crippen LogP contribution < -0.4 is 5.32 Å². The van der Waals surface area contributed by atoms with E-state index in [9.17, 15) is 19.5 Å². The number of nitrogens with one attached hydrogen (secondary N) is 1. The Morgan fingerprint density at radius 3 is 2.09 bits per heavy atom. The molecule has 1 saturated heterocycles. The van der Waals surface area contributed by atoms with Crippen molar-refractivity contribution in [2.45, 2.75) is 46.6 Å². The first kappa shape index (κ1) is 24.8. The van der Waals surface area contributed by atoms with Crippen molar-refractivity contribution in [2.24, 2.45) is 16.7 Å². The van der Waals surface area contributed by atoms with Crippen LogP contribution in [0, 0.1) is 16.7 Å². The average Bonchev–Trinajstić information content (AvgIpc) is 3.29. The van der Waals surface area contributed by atoms with Gasteiger partial charge in [0, 0.05) is 19.0 Å². The van der Waals surface area contributed by atoms with Gasteiger partial charge >= 0.3 is 12.1 Å². The molecule has 0 bridgehead atoms. The van der Waals surface area contributed by atoms with Crippen LogP contribution in [0.4, 0.5) is 4.79 Å². The van der Waals surface area contributed by atoms with E-state index in [2.05, 4.69) is 29.6 Å². The smallest absolute Gasteiger partial charge is 0.407 e. The lowest BCUT2D eigenvalue weighted by atomic mass is 9.82. The van der Waals surface area contributed by atoms with Gasteiger partial charge in [0.05, 0.1) is 5.92 Å². The maximum atomic E-state index is 13.4. The molecule has 1 aliphatic heterocycles. The number of aliphatic carboxylic acids is 1. The largest absolute Gasteiger partial charge is 0.481 e. The molecule has 0 saturated carbocycles. The fraction of sp³-hybridized carbons (Fsp3) is 0.464. The molecule has 2 aromatic rings. The third-order valence-corrected chi connectivity index (χ3v) is 7.27. The number of fused-ring (bicyclic) bond motifs is 3. The zero-order valence-electron chi connectivity index (χ0n) is 21.0. The van der Waals surface area contributed by atoms with Gasteiger partial charge in [-0.2, -0.15) is 0 Å². The predicted molar refractivity (Wildman–Crippen MR) is 133 cm³/mol. The summed E-state index contributed by atoms with van der Waals surface area (Å²) in [6.07, 6.45) is -0.659. The summed E-state index contributed by atoms with van der Waals surface area (Å²) in [6, 6.07) is 15.4. The van der Waals surface area contributed by atoms with Gasteiger partial charge in [0.1, 0.15) is 12.6 Å². The van der Waals surface area contributed by atoms with Gasteiger partial charge in [-0.25, -0.2) is 4.79 Å². The Bertz CT molecular complexity index is 1100. The number of alkyl carbamates (subject to hydrolysis) is 1. The maximum absolute atomic E-state index is 13.4. The minimum atomic E-state index is -0.915. The molecule has 186 valence electrons. The van der Waals surface area contributed by atoms with Gasteiger partial charge in [-0.05, 0) is 33.1 Å². The first-order valence-electron chi connectivity index (χ1n) is 12.0. The van der Waals surface area contributed by atoms with Gasteiger partial charge < -0.3 is 20.1 Å². The van der Waals surface area contributed by atoms with E-state index >= 15 is 0 Å². The van der Waals surface area contributed by atoms with Crippen molar-refractivity contribution in [3.05, 3.63) is 59.7 Å². The van der Waals surface area contributed by atoms with Crippen molar-refractivity contribution in [2.75, 3.05) is 19.7 Å². The van der Waals surface area contributed by atoms with Gasteiger partial charge in [-0.3, -0.25) is 9.59 Å². The molecule has 1 fully saturated rings. The molecule has 2 aliphatic rings. The van der Waals surface area contributed by atoms with E-state index in [1.165, 1.54) is 0 Å². The van der Waals surface area contributed by atoms with Crippen LogP contribution in [0.3, 0.4) is 0 Å².